The van der Waals surface area contributed by atoms with Crippen LogP contribution in [0.4, 0.5) is 15.5 Å². The molecule has 216 valence electrons. The average Bonchev–Trinajstić information content (AvgIpc) is 3.39. The lowest BCUT2D eigenvalue weighted by Crippen LogP contribution is -2.46. The van der Waals surface area contributed by atoms with E-state index in [1.807, 2.05) is 39.0 Å². The maximum absolute atomic E-state index is 13.9. The second kappa shape index (κ2) is 11.1. The van der Waals surface area contributed by atoms with Crippen LogP contribution in [0, 0.1) is 0 Å². The fourth-order valence-electron chi connectivity index (χ4n) is 5.06. The Morgan fingerprint density at radius 1 is 1.24 bits per heavy atom. The molecule has 2 unspecified atom stereocenters. The van der Waals surface area contributed by atoms with Crippen molar-refractivity contribution in [1.29, 1.82) is 0 Å². The Morgan fingerprint density at radius 3 is 2.63 bits per heavy atom. The Labute approximate surface area is 250 Å². The number of benzene rings is 1. The summed E-state index contributed by atoms with van der Waals surface area (Å²) in [5.74, 6) is 0.0374. The zero-order chi connectivity index (χ0) is 29.5. The number of rotatable bonds is 7. The Balaban J connectivity index is 1.51. The van der Waals surface area contributed by atoms with Crippen molar-refractivity contribution in [2.24, 2.45) is 0 Å². The van der Waals surface area contributed by atoms with Gasteiger partial charge in [-0.3, -0.25) is 10.1 Å². The van der Waals surface area contributed by atoms with Gasteiger partial charge in [0.15, 0.2) is 4.88 Å². The van der Waals surface area contributed by atoms with Crippen LogP contribution < -0.4 is 16.0 Å². The van der Waals surface area contributed by atoms with E-state index >= 15 is 0 Å². The summed E-state index contributed by atoms with van der Waals surface area (Å²) in [6.45, 7) is 11.0. The smallest absolute Gasteiger partial charge is 0.416 e. The quantitative estimate of drug-likeness (QED) is 0.177. The Hall–Kier alpha value is -3.35. The van der Waals surface area contributed by atoms with Crippen LogP contribution in [-0.4, -0.2) is 62.9 Å². The van der Waals surface area contributed by atoms with Gasteiger partial charge in [-0.25, -0.2) is 14.8 Å². The van der Waals surface area contributed by atoms with Crippen LogP contribution in [0.15, 0.2) is 47.1 Å². The molecule has 2 atom stereocenters. The summed E-state index contributed by atoms with van der Waals surface area (Å²) in [6, 6.07) is 11.8. The summed E-state index contributed by atoms with van der Waals surface area (Å²) >= 11 is 3.62. The summed E-state index contributed by atoms with van der Waals surface area (Å²) in [5.41, 5.74) is 1.22. The van der Waals surface area contributed by atoms with Gasteiger partial charge in [-0.05, 0) is 56.1 Å². The Kier molecular flexibility index (Phi) is 7.92. The lowest BCUT2D eigenvalue weighted by molar-refractivity contribution is -0.125. The SMILES string of the molecule is CC(C)(C)OC(=O)[s+]1c(-c2nc(NCCN3C(=O)NC(=O)C3(C)C)ncc2Br)cc2c1C(c1ccccc1)CNC2. The van der Waals surface area contributed by atoms with Gasteiger partial charge in [-0.1, -0.05) is 30.3 Å². The highest BCUT2D eigenvalue weighted by Crippen LogP contribution is 2.50. The van der Waals surface area contributed by atoms with Crippen molar-refractivity contribution >= 4 is 49.6 Å². The van der Waals surface area contributed by atoms with Crippen molar-refractivity contribution in [2.75, 3.05) is 25.0 Å². The van der Waals surface area contributed by atoms with Gasteiger partial charge < -0.3 is 20.3 Å². The molecule has 1 fully saturated rings. The minimum Gasteiger partial charge on any atom is -0.416 e. The molecule has 0 saturated carbocycles. The van der Waals surface area contributed by atoms with Crippen LogP contribution in [0.3, 0.4) is 0 Å². The summed E-state index contributed by atoms with van der Waals surface area (Å²) in [5, 5.41) is 8.75. The van der Waals surface area contributed by atoms with Crippen molar-refractivity contribution in [3.05, 3.63) is 63.1 Å². The number of urea groups is 1. The number of ether oxygens (including phenoxy) is 1. The Bertz CT molecular complexity index is 1500. The number of anilines is 1. The van der Waals surface area contributed by atoms with E-state index in [0.717, 1.165) is 27.4 Å². The van der Waals surface area contributed by atoms with E-state index in [9.17, 15) is 14.4 Å². The first-order valence-corrected chi connectivity index (χ1v) is 15.5. The van der Waals surface area contributed by atoms with Gasteiger partial charge in [0, 0.05) is 44.0 Å². The molecule has 5 rings (SSSR count). The molecule has 3 aromatic rings. The first-order chi connectivity index (χ1) is 19.4. The summed E-state index contributed by atoms with van der Waals surface area (Å²) < 4.78 is 6.63. The molecule has 0 bridgehead atoms. The highest BCUT2D eigenvalue weighted by atomic mass is 79.9. The average molecular weight is 643 g/mol. The number of amides is 3. The second-order valence-electron chi connectivity index (χ2n) is 11.5. The molecule has 12 heteroatoms. The highest BCUT2D eigenvalue weighted by Gasteiger charge is 2.45. The predicted molar refractivity (Wildman–Crippen MR) is 162 cm³/mol. The van der Waals surface area contributed by atoms with Crippen LogP contribution in [0.5, 0.6) is 0 Å². The van der Waals surface area contributed by atoms with Crippen LogP contribution in [0.25, 0.3) is 10.6 Å². The first-order valence-electron chi connectivity index (χ1n) is 13.4. The third kappa shape index (κ3) is 5.86. The number of carbonyl (C=O) groups is 3. The molecule has 0 aliphatic carbocycles. The summed E-state index contributed by atoms with van der Waals surface area (Å²) in [4.78, 5) is 50.7. The molecule has 2 aliphatic rings. The van der Waals surface area contributed by atoms with Crippen LogP contribution in [-0.2, 0) is 16.1 Å². The first kappa shape index (κ1) is 29.2. The van der Waals surface area contributed by atoms with Crippen molar-refractivity contribution in [1.82, 2.24) is 25.5 Å². The van der Waals surface area contributed by atoms with E-state index in [4.69, 9.17) is 9.72 Å². The molecular weight excluding hydrogens is 608 g/mol. The Morgan fingerprint density at radius 2 is 1.98 bits per heavy atom. The van der Waals surface area contributed by atoms with Gasteiger partial charge in [0.25, 0.3) is 5.91 Å². The molecular formula is C29H34BrN6O4S+. The minimum absolute atomic E-state index is 0.0143. The molecule has 0 radical (unpaired) electrons. The number of thiophene rings is 1. The van der Waals surface area contributed by atoms with Crippen LogP contribution >= 0.6 is 26.4 Å². The van der Waals surface area contributed by atoms with Gasteiger partial charge in [0.1, 0.15) is 27.3 Å². The molecule has 4 heterocycles. The zero-order valence-corrected chi connectivity index (χ0v) is 26.1. The largest absolute Gasteiger partial charge is 0.555 e. The summed E-state index contributed by atoms with van der Waals surface area (Å²) in [7, 11) is -1.01. The number of imide groups is 1. The fraction of sp³-hybridized carbons (Fsp3) is 0.414. The standard InChI is InChI=1S/C29H33BrN6O4S/c1-28(2,3)40-27(39)41-21(13-18-14-31-15-19(23(18)41)17-9-7-6-8-10-17)22-20(30)16-33-25(34-22)32-11-12-36-26(38)35-24(37)29(36,4)5/h6-10,13,16,19,31H,11-12,14-15H2,1-5H3,(H-,32,33,34,35,37,38)/p+1. The maximum atomic E-state index is 13.9. The van der Waals surface area contributed by atoms with Crippen molar-refractivity contribution in [2.45, 2.75) is 58.2 Å². The van der Waals surface area contributed by atoms with E-state index in [0.29, 0.717) is 29.2 Å². The molecule has 10 nitrogen and oxygen atoms in total. The van der Waals surface area contributed by atoms with E-state index in [-0.39, 0.29) is 23.7 Å². The topological polar surface area (TPSA) is 126 Å². The van der Waals surface area contributed by atoms with E-state index in [1.54, 1.807) is 20.0 Å². The van der Waals surface area contributed by atoms with Crippen LogP contribution in [0.1, 0.15) is 56.5 Å². The van der Waals surface area contributed by atoms with Crippen molar-refractivity contribution in [3.63, 3.8) is 0 Å². The third-order valence-electron chi connectivity index (χ3n) is 7.09. The lowest BCUT2D eigenvalue weighted by atomic mass is 9.92. The number of aromatic nitrogens is 2. The van der Waals surface area contributed by atoms with Crippen LogP contribution in [0.2, 0.25) is 0 Å². The fourth-order valence-corrected chi connectivity index (χ4v) is 8.03. The normalized spacial score (nSPS) is 18.6. The van der Waals surface area contributed by atoms with E-state index in [1.165, 1.54) is 4.90 Å². The number of hydrogen-bond donors (Lipinski definition) is 3. The number of carbonyl (C=O) groups excluding carboxylic acids is 3. The molecule has 0 spiro atoms. The van der Waals surface area contributed by atoms with Crippen molar-refractivity contribution < 1.29 is 19.1 Å². The summed E-state index contributed by atoms with van der Waals surface area (Å²) in [6.07, 6.45) is 1.66. The highest BCUT2D eigenvalue weighted by molar-refractivity contribution is 9.10. The number of nitrogens with zero attached hydrogens (tertiary/aromatic N) is 3. The molecule has 1 aromatic carbocycles. The van der Waals surface area contributed by atoms with Gasteiger partial charge in [-0.15, -0.1) is 0 Å². The zero-order valence-electron chi connectivity index (χ0n) is 23.7. The number of hydrogen-bond acceptors (Lipinski definition) is 8. The van der Waals surface area contributed by atoms with E-state index < -0.39 is 27.6 Å². The van der Waals surface area contributed by atoms with Gasteiger partial charge in [0.05, 0.1) is 10.4 Å². The van der Waals surface area contributed by atoms with Gasteiger partial charge in [-0.2, -0.15) is 4.79 Å². The molecule has 3 amide bonds. The second-order valence-corrected chi connectivity index (χ2v) is 14.2. The monoisotopic (exact) mass is 641 g/mol. The van der Waals surface area contributed by atoms with E-state index in [2.05, 4.69) is 55.1 Å². The molecule has 1 saturated heterocycles. The molecule has 2 aromatic heterocycles. The predicted octanol–water partition coefficient (Wildman–Crippen LogP) is 5.42. The van der Waals surface area contributed by atoms with Gasteiger partial charge in [0.2, 0.25) is 10.8 Å². The lowest BCUT2D eigenvalue weighted by Gasteiger charge is -2.27. The maximum Gasteiger partial charge on any atom is 0.555 e. The number of halogens is 1. The third-order valence-corrected chi connectivity index (χ3v) is 9.83. The van der Waals surface area contributed by atoms with Gasteiger partial charge >= 0.3 is 11.3 Å². The number of nitrogens with one attached hydrogen (secondary N) is 3. The molecule has 41 heavy (non-hydrogen) atoms. The number of fused-ring (bicyclic) bond motifs is 1. The minimum atomic E-state index is -1.01. The molecule has 2 aliphatic heterocycles. The molecule has 3 N–H and O–H groups in total. The van der Waals surface area contributed by atoms with Crippen molar-refractivity contribution in [3.8, 4) is 10.6 Å².